The molecule has 1 aliphatic carbocycles. The van der Waals surface area contributed by atoms with Crippen molar-refractivity contribution in [2.75, 3.05) is 13.1 Å². The van der Waals surface area contributed by atoms with Gasteiger partial charge in [0.25, 0.3) is 0 Å². The maximum Gasteiger partial charge on any atom is 0.225 e. The molecule has 4 heterocycles. The minimum absolute atomic E-state index is 0.303. The number of imidazole rings is 1. The smallest absolute Gasteiger partial charge is 0.225 e. The largest absolute Gasteiger partial charge is 0.342 e. The lowest BCUT2D eigenvalue weighted by molar-refractivity contribution is -0.131. The second-order valence-corrected chi connectivity index (χ2v) is 8.71. The Morgan fingerprint density at radius 3 is 2.68 bits per heavy atom. The number of hydrogen-bond donors (Lipinski definition) is 0. The molecular weight excluding hydrogens is 388 g/mol. The predicted molar refractivity (Wildman–Crippen MR) is 117 cm³/mol. The van der Waals surface area contributed by atoms with Crippen LogP contribution in [-0.4, -0.2) is 48.0 Å². The Morgan fingerprint density at radius 2 is 1.84 bits per heavy atom. The van der Waals surface area contributed by atoms with Crippen LogP contribution < -0.4 is 0 Å². The molecule has 31 heavy (non-hydrogen) atoms. The van der Waals surface area contributed by atoms with Crippen molar-refractivity contribution in [3.63, 3.8) is 0 Å². The molecule has 1 aromatic carbocycles. The van der Waals surface area contributed by atoms with E-state index >= 15 is 0 Å². The van der Waals surface area contributed by atoms with E-state index in [-0.39, 0.29) is 0 Å². The van der Waals surface area contributed by atoms with Crippen molar-refractivity contribution in [2.45, 2.75) is 25.8 Å². The van der Waals surface area contributed by atoms with Crippen LogP contribution in [0.3, 0.4) is 0 Å². The summed E-state index contributed by atoms with van der Waals surface area (Å²) in [5, 5.41) is 8.54. The molecule has 2 fully saturated rings. The Kier molecular flexibility index (Phi) is 4.33. The number of aromatic nitrogens is 5. The number of nitrogens with zero attached hydrogens (tertiary/aromatic N) is 6. The second-order valence-electron chi connectivity index (χ2n) is 8.71. The van der Waals surface area contributed by atoms with Crippen LogP contribution in [-0.2, 0) is 11.3 Å². The fourth-order valence-electron chi connectivity index (χ4n) is 4.56. The fourth-order valence-corrected chi connectivity index (χ4v) is 4.56. The molecule has 1 saturated heterocycles. The summed E-state index contributed by atoms with van der Waals surface area (Å²) in [6, 6.07) is 12.6. The Labute approximate surface area is 180 Å². The second kappa shape index (κ2) is 7.34. The van der Waals surface area contributed by atoms with Crippen molar-refractivity contribution >= 4 is 11.6 Å². The van der Waals surface area contributed by atoms with Crippen LogP contribution in [0, 0.1) is 11.8 Å². The van der Waals surface area contributed by atoms with Gasteiger partial charge in [0.15, 0.2) is 5.82 Å². The molecule has 2 aliphatic rings. The molecule has 7 heteroatoms. The standard InChI is InChI=1S/C24H24N6O/c31-24(20-5-6-20)29-10-7-17(14-29)15-30-16-26-27-23(30)19-3-1-18(2-4-19)21-8-11-28-12-9-25-22(28)13-21/h1-4,8-9,11-13,16-17,20H,5-7,10,14-15H2. The van der Waals surface area contributed by atoms with Gasteiger partial charge in [-0.1, -0.05) is 24.3 Å². The van der Waals surface area contributed by atoms with Crippen LogP contribution in [0.4, 0.5) is 0 Å². The highest BCUT2D eigenvalue weighted by molar-refractivity contribution is 5.81. The number of amides is 1. The van der Waals surface area contributed by atoms with E-state index in [1.54, 1.807) is 12.5 Å². The molecule has 156 valence electrons. The number of rotatable bonds is 5. The van der Waals surface area contributed by atoms with Crippen molar-refractivity contribution in [2.24, 2.45) is 11.8 Å². The number of benzene rings is 1. The molecule has 0 spiro atoms. The van der Waals surface area contributed by atoms with Gasteiger partial charge >= 0.3 is 0 Å². The van der Waals surface area contributed by atoms with Crippen LogP contribution in [0.25, 0.3) is 28.2 Å². The van der Waals surface area contributed by atoms with Gasteiger partial charge in [-0.05, 0) is 48.4 Å². The van der Waals surface area contributed by atoms with Crippen LogP contribution in [0.1, 0.15) is 19.3 Å². The zero-order chi connectivity index (χ0) is 20.8. The summed E-state index contributed by atoms with van der Waals surface area (Å²) >= 11 is 0. The van der Waals surface area contributed by atoms with Crippen molar-refractivity contribution in [3.05, 3.63) is 61.3 Å². The van der Waals surface area contributed by atoms with Crippen molar-refractivity contribution in [1.82, 2.24) is 29.0 Å². The molecule has 7 nitrogen and oxygen atoms in total. The Bertz CT molecular complexity index is 1240. The number of fused-ring (bicyclic) bond motifs is 1. The van der Waals surface area contributed by atoms with Crippen LogP contribution in [0.5, 0.6) is 0 Å². The van der Waals surface area contributed by atoms with E-state index in [4.69, 9.17) is 0 Å². The van der Waals surface area contributed by atoms with Crippen molar-refractivity contribution in [1.29, 1.82) is 0 Å². The molecule has 1 unspecified atom stereocenters. The first-order chi connectivity index (χ1) is 15.2. The highest BCUT2D eigenvalue weighted by Gasteiger charge is 2.36. The normalized spacial score (nSPS) is 18.7. The summed E-state index contributed by atoms with van der Waals surface area (Å²) in [4.78, 5) is 18.8. The third-order valence-electron chi connectivity index (χ3n) is 6.47. The maximum atomic E-state index is 12.3. The molecule has 1 atom stereocenters. The number of carbonyl (C=O) groups is 1. The van der Waals surface area contributed by atoms with E-state index in [1.165, 1.54) is 0 Å². The third kappa shape index (κ3) is 3.50. The van der Waals surface area contributed by atoms with Gasteiger partial charge in [-0.25, -0.2) is 4.98 Å². The molecule has 0 radical (unpaired) electrons. The molecule has 1 amide bonds. The van der Waals surface area contributed by atoms with Crippen molar-refractivity contribution < 1.29 is 4.79 Å². The molecule has 1 saturated carbocycles. The Balaban J connectivity index is 1.18. The van der Waals surface area contributed by atoms with Crippen LogP contribution in [0.2, 0.25) is 0 Å². The molecule has 3 aromatic heterocycles. The van der Waals surface area contributed by atoms with E-state index < -0.39 is 0 Å². The lowest BCUT2D eigenvalue weighted by Gasteiger charge is -2.17. The molecule has 6 rings (SSSR count). The van der Waals surface area contributed by atoms with Crippen LogP contribution >= 0.6 is 0 Å². The van der Waals surface area contributed by atoms with Gasteiger partial charge in [-0.15, -0.1) is 10.2 Å². The third-order valence-corrected chi connectivity index (χ3v) is 6.47. The SMILES string of the molecule is O=C(C1CC1)N1CCC(Cn2cnnc2-c2ccc(-c3ccn4ccnc4c3)cc2)C1. The average Bonchev–Trinajstić information content (AvgIpc) is 3.17. The summed E-state index contributed by atoms with van der Waals surface area (Å²) in [6.07, 6.45) is 10.8. The minimum Gasteiger partial charge on any atom is -0.342 e. The number of carbonyl (C=O) groups excluding carboxylic acids is 1. The average molecular weight is 412 g/mol. The first-order valence-corrected chi connectivity index (χ1v) is 10.9. The summed E-state index contributed by atoms with van der Waals surface area (Å²) < 4.78 is 4.13. The summed E-state index contributed by atoms with van der Waals surface area (Å²) in [7, 11) is 0. The number of pyridine rings is 1. The van der Waals surface area contributed by atoms with Gasteiger partial charge in [0.05, 0.1) is 0 Å². The van der Waals surface area contributed by atoms with Crippen molar-refractivity contribution in [3.8, 4) is 22.5 Å². The number of hydrogen-bond acceptors (Lipinski definition) is 4. The Hall–Kier alpha value is -3.48. The molecular formula is C24H24N6O. The zero-order valence-electron chi connectivity index (χ0n) is 17.3. The highest BCUT2D eigenvalue weighted by atomic mass is 16.2. The van der Waals surface area contributed by atoms with Gasteiger partial charge in [-0.3, -0.25) is 4.79 Å². The molecule has 0 bridgehead atoms. The van der Waals surface area contributed by atoms with Gasteiger partial charge in [0, 0.05) is 49.7 Å². The fraction of sp³-hybridized carbons (Fsp3) is 0.333. The van der Waals surface area contributed by atoms with Gasteiger partial charge in [-0.2, -0.15) is 0 Å². The topological polar surface area (TPSA) is 68.3 Å². The number of likely N-dealkylation sites (tertiary alicyclic amines) is 1. The highest BCUT2D eigenvalue weighted by Crippen LogP contribution is 2.33. The monoisotopic (exact) mass is 412 g/mol. The first-order valence-electron chi connectivity index (χ1n) is 10.9. The van der Waals surface area contributed by atoms with Gasteiger partial charge in [0.1, 0.15) is 12.0 Å². The summed E-state index contributed by atoms with van der Waals surface area (Å²) in [5.74, 6) is 1.99. The van der Waals surface area contributed by atoms with E-state index in [1.807, 2.05) is 16.8 Å². The van der Waals surface area contributed by atoms with E-state index in [0.29, 0.717) is 17.7 Å². The quantitative estimate of drug-likeness (QED) is 0.503. The Morgan fingerprint density at radius 1 is 1.00 bits per heavy atom. The summed E-state index contributed by atoms with van der Waals surface area (Å²) in [6.45, 7) is 2.57. The maximum absolute atomic E-state index is 12.3. The molecule has 0 N–H and O–H groups in total. The van der Waals surface area contributed by atoms with E-state index in [9.17, 15) is 4.79 Å². The minimum atomic E-state index is 0.303. The zero-order valence-corrected chi connectivity index (χ0v) is 17.3. The molecule has 1 aliphatic heterocycles. The predicted octanol–water partition coefficient (Wildman–Crippen LogP) is 3.52. The van der Waals surface area contributed by atoms with Gasteiger partial charge in [0.2, 0.25) is 5.91 Å². The van der Waals surface area contributed by atoms with Gasteiger partial charge < -0.3 is 13.9 Å². The van der Waals surface area contributed by atoms with E-state index in [2.05, 4.69) is 61.0 Å². The lowest BCUT2D eigenvalue weighted by Crippen LogP contribution is -2.30. The lowest BCUT2D eigenvalue weighted by atomic mass is 10.0. The van der Waals surface area contributed by atoms with E-state index in [0.717, 1.165) is 67.1 Å². The molecule has 4 aromatic rings. The first kappa shape index (κ1) is 18.3. The van der Waals surface area contributed by atoms with Crippen LogP contribution in [0.15, 0.2) is 61.3 Å². The summed E-state index contributed by atoms with van der Waals surface area (Å²) in [5.41, 5.74) is 4.27.